The van der Waals surface area contributed by atoms with Gasteiger partial charge in [0.05, 0.1) is 5.69 Å². The van der Waals surface area contributed by atoms with E-state index in [1.54, 1.807) is 6.07 Å². The average Bonchev–Trinajstić information content (AvgIpc) is 3.15. The zero-order chi connectivity index (χ0) is 21.1. The summed E-state index contributed by atoms with van der Waals surface area (Å²) in [6.07, 6.45) is 7.45. The van der Waals surface area contributed by atoms with Crippen LogP contribution < -0.4 is 10.2 Å². The molecular weight excluding hydrogens is 399 g/mol. The molecule has 2 aliphatic rings. The molecule has 30 heavy (non-hydrogen) atoms. The standard InChI is InChI=1S/C23H29FN4OS/c1-3-16-4-7-22(25-15-16)27-11-8-17(9-12-27)28-13-10-21(23(28)29)26-20-6-5-18(30-2)14-19(20)24/h4-7,14-15,17,21,26H,3,8-13H2,1-2H3. The van der Waals surface area contributed by atoms with E-state index in [2.05, 4.69) is 34.3 Å². The fourth-order valence-electron chi connectivity index (χ4n) is 4.35. The average molecular weight is 429 g/mol. The molecule has 2 aromatic rings. The lowest BCUT2D eigenvalue weighted by Gasteiger charge is -2.37. The Hall–Kier alpha value is -2.28. The van der Waals surface area contributed by atoms with E-state index in [1.807, 2.05) is 23.4 Å². The minimum absolute atomic E-state index is 0.0900. The number of rotatable bonds is 6. The number of anilines is 2. The summed E-state index contributed by atoms with van der Waals surface area (Å²) in [5.41, 5.74) is 1.65. The van der Waals surface area contributed by atoms with E-state index in [0.29, 0.717) is 12.1 Å². The Bertz CT molecular complexity index is 883. The predicted molar refractivity (Wildman–Crippen MR) is 121 cm³/mol. The molecule has 5 nitrogen and oxygen atoms in total. The lowest BCUT2D eigenvalue weighted by atomic mass is 10.0. The van der Waals surface area contributed by atoms with Gasteiger partial charge in [0.1, 0.15) is 17.7 Å². The zero-order valence-corrected chi connectivity index (χ0v) is 18.4. The molecule has 1 atom stereocenters. The number of nitrogens with one attached hydrogen (secondary N) is 1. The molecule has 1 amide bonds. The highest BCUT2D eigenvalue weighted by Crippen LogP contribution is 2.28. The maximum atomic E-state index is 14.3. The Morgan fingerprint density at radius 3 is 2.60 bits per heavy atom. The Morgan fingerprint density at radius 2 is 1.97 bits per heavy atom. The van der Waals surface area contributed by atoms with Crippen molar-refractivity contribution >= 4 is 29.2 Å². The van der Waals surface area contributed by atoms with Crippen LogP contribution in [0.5, 0.6) is 0 Å². The number of hydrogen-bond donors (Lipinski definition) is 1. The number of nitrogens with zero attached hydrogens (tertiary/aromatic N) is 3. The first-order chi connectivity index (χ1) is 14.6. The summed E-state index contributed by atoms with van der Waals surface area (Å²) in [4.78, 5) is 22.7. The normalized spacial score (nSPS) is 20.1. The van der Waals surface area contributed by atoms with Crippen molar-refractivity contribution in [2.24, 2.45) is 0 Å². The molecule has 4 rings (SSSR count). The summed E-state index contributed by atoms with van der Waals surface area (Å²) >= 11 is 1.50. The predicted octanol–water partition coefficient (Wildman–Crippen LogP) is 4.19. The van der Waals surface area contributed by atoms with Crippen molar-refractivity contribution in [3.05, 3.63) is 47.9 Å². The number of thioether (sulfide) groups is 1. The molecule has 2 aliphatic heterocycles. The molecule has 0 saturated carbocycles. The van der Waals surface area contributed by atoms with Gasteiger partial charge in [0, 0.05) is 36.8 Å². The van der Waals surface area contributed by atoms with Gasteiger partial charge in [0.25, 0.3) is 0 Å². The number of pyridine rings is 1. The Balaban J connectivity index is 1.33. The smallest absolute Gasteiger partial charge is 0.245 e. The topological polar surface area (TPSA) is 48.5 Å². The summed E-state index contributed by atoms with van der Waals surface area (Å²) in [6, 6.07) is 9.26. The molecule has 1 N–H and O–H groups in total. The number of likely N-dealkylation sites (tertiary alicyclic amines) is 1. The highest BCUT2D eigenvalue weighted by molar-refractivity contribution is 7.98. The van der Waals surface area contributed by atoms with Crippen molar-refractivity contribution in [1.29, 1.82) is 0 Å². The number of aryl methyl sites for hydroxylation is 1. The third kappa shape index (κ3) is 4.41. The summed E-state index contributed by atoms with van der Waals surface area (Å²) < 4.78 is 14.3. The minimum atomic E-state index is -0.346. The molecule has 1 aromatic carbocycles. The van der Waals surface area contributed by atoms with Crippen molar-refractivity contribution in [2.75, 3.05) is 36.1 Å². The zero-order valence-electron chi connectivity index (χ0n) is 17.6. The monoisotopic (exact) mass is 428 g/mol. The molecule has 1 aromatic heterocycles. The first-order valence-electron chi connectivity index (χ1n) is 10.7. The number of aromatic nitrogens is 1. The van der Waals surface area contributed by atoms with E-state index in [4.69, 9.17) is 0 Å². The third-order valence-electron chi connectivity index (χ3n) is 6.19. The van der Waals surface area contributed by atoms with Gasteiger partial charge in [-0.05, 0) is 61.8 Å². The van der Waals surface area contributed by atoms with Crippen molar-refractivity contribution in [3.8, 4) is 0 Å². The molecule has 1 unspecified atom stereocenters. The molecular formula is C23H29FN4OS. The van der Waals surface area contributed by atoms with E-state index >= 15 is 0 Å². The lowest BCUT2D eigenvalue weighted by Crippen LogP contribution is -2.47. The molecule has 7 heteroatoms. The second kappa shape index (κ2) is 9.25. The van der Waals surface area contributed by atoms with Crippen molar-refractivity contribution < 1.29 is 9.18 Å². The summed E-state index contributed by atoms with van der Waals surface area (Å²) in [7, 11) is 0. The fourth-order valence-corrected chi connectivity index (χ4v) is 4.77. The van der Waals surface area contributed by atoms with Crippen LogP contribution in [0.15, 0.2) is 41.4 Å². The van der Waals surface area contributed by atoms with E-state index in [1.165, 1.54) is 23.4 Å². The van der Waals surface area contributed by atoms with Crippen LogP contribution in [0.1, 0.15) is 31.7 Å². The quantitative estimate of drug-likeness (QED) is 0.700. The van der Waals surface area contributed by atoms with Gasteiger partial charge in [-0.2, -0.15) is 0 Å². The van der Waals surface area contributed by atoms with Crippen LogP contribution in [-0.2, 0) is 11.2 Å². The van der Waals surface area contributed by atoms with E-state index in [0.717, 1.165) is 49.6 Å². The molecule has 0 aliphatic carbocycles. The Morgan fingerprint density at radius 1 is 1.17 bits per heavy atom. The number of benzene rings is 1. The van der Waals surface area contributed by atoms with E-state index in [-0.39, 0.29) is 23.8 Å². The van der Waals surface area contributed by atoms with Crippen LogP contribution >= 0.6 is 11.8 Å². The van der Waals surface area contributed by atoms with Gasteiger partial charge < -0.3 is 15.1 Å². The lowest BCUT2D eigenvalue weighted by molar-refractivity contribution is -0.130. The van der Waals surface area contributed by atoms with Gasteiger partial charge >= 0.3 is 0 Å². The van der Waals surface area contributed by atoms with Crippen LogP contribution in [0, 0.1) is 5.82 Å². The van der Waals surface area contributed by atoms with Crippen molar-refractivity contribution in [1.82, 2.24) is 9.88 Å². The van der Waals surface area contributed by atoms with E-state index in [9.17, 15) is 9.18 Å². The van der Waals surface area contributed by atoms with Crippen LogP contribution in [0.4, 0.5) is 15.9 Å². The maximum Gasteiger partial charge on any atom is 0.245 e. The molecule has 0 radical (unpaired) electrons. The van der Waals surface area contributed by atoms with Gasteiger partial charge in [-0.15, -0.1) is 11.8 Å². The van der Waals surface area contributed by atoms with Gasteiger partial charge in [0.15, 0.2) is 0 Å². The molecule has 2 fully saturated rings. The SMILES string of the molecule is CCc1ccc(N2CCC(N3CCC(Nc4ccc(SC)cc4F)C3=O)CC2)nc1. The van der Waals surface area contributed by atoms with Gasteiger partial charge in [-0.25, -0.2) is 9.37 Å². The summed E-state index contributed by atoms with van der Waals surface area (Å²) in [5, 5.41) is 3.13. The number of piperidine rings is 1. The second-order valence-corrected chi connectivity index (χ2v) is 8.84. The van der Waals surface area contributed by atoms with Crippen LogP contribution in [0.2, 0.25) is 0 Å². The molecule has 160 valence electrons. The Kier molecular flexibility index (Phi) is 6.46. The summed E-state index contributed by atoms with van der Waals surface area (Å²) in [5.74, 6) is 0.803. The first kappa shape index (κ1) is 21.0. The fraction of sp³-hybridized carbons (Fsp3) is 0.478. The van der Waals surface area contributed by atoms with Gasteiger partial charge in [-0.3, -0.25) is 4.79 Å². The number of halogens is 1. The number of amides is 1. The molecule has 2 saturated heterocycles. The first-order valence-corrected chi connectivity index (χ1v) is 11.9. The van der Waals surface area contributed by atoms with Crippen molar-refractivity contribution in [3.63, 3.8) is 0 Å². The highest BCUT2D eigenvalue weighted by Gasteiger charge is 2.37. The number of carbonyl (C=O) groups excluding carboxylic acids is 1. The van der Waals surface area contributed by atoms with Crippen LogP contribution in [0.3, 0.4) is 0 Å². The maximum absolute atomic E-state index is 14.3. The van der Waals surface area contributed by atoms with Gasteiger partial charge in [-0.1, -0.05) is 13.0 Å². The van der Waals surface area contributed by atoms with E-state index < -0.39 is 0 Å². The minimum Gasteiger partial charge on any atom is -0.371 e. The summed E-state index contributed by atoms with van der Waals surface area (Å²) in [6.45, 7) is 4.66. The second-order valence-electron chi connectivity index (χ2n) is 7.96. The molecule has 3 heterocycles. The largest absolute Gasteiger partial charge is 0.371 e. The molecule has 0 bridgehead atoms. The van der Waals surface area contributed by atoms with Crippen LogP contribution in [0.25, 0.3) is 0 Å². The van der Waals surface area contributed by atoms with Gasteiger partial charge in [0.2, 0.25) is 5.91 Å². The third-order valence-corrected chi connectivity index (χ3v) is 6.92. The highest BCUT2D eigenvalue weighted by atomic mass is 32.2. The Labute approximate surface area is 182 Å². The molecule has 0 spiro atoms. The number of carbonyl (C=O) groups is 1. The van der Waals surface area contributed by atoms with Crippen LogP contribution in [-0.4, -0.2) is 53.8 Å². The van der Waals surface area contributed by atoms with Crippen molar-refractivity contribution in [2.45, 2.75) is 49.6 Å². The number of hydrogen-bond acceptors (Lipinski definition) is 5.